The number of aliphatic hydroxyl groups excluding tert-OH is 6. The largest absolute Gasteiger partial charge is 0.472 e. The minimum Gasteiger partial charge on any atom is -0.462 e. The van der Waals surface area contributed by atoms with Gasteiger partial charge in [-0.3, -0.25) is 18.6 Å². The molecule has 0 spiro atoms. The summed E-state index contributed by atoms with van der Waals surface area (Å²) in [6.45, 7) is 2.76. The molecule has 0 heterocycles. The number of allylic oxidation sites excluding steroid dienone is 10. The van der Waals surface area contributed by atoms with Gasteiger partial charge in [0, 0.05) is 12.8 Å². The lowest BCUT2D eigenvalue weighted by Gasteiger charge is -2.41. The summed E-state index contributed by atoms with van der Waals surface area (Å²) < 4.78 is 33.4. The van der Waals surface area contributed by atoms with Crippen molar-refractivity contribution in [3.8, 4) is 0 Å². The highest BCUT2D eigenvalue weighted by Crippen LogP contribution is 2.47. The molecule has 0 bridgehead atoms. The lowest BCUT2D eigenvalue weighted by atomic mass is 9.85. The Morgan fingerprint density at radius 3 is 1.60 bits per heavy atom. The molecule has 7 N–H and O–H groups in total. The Morgan fingerprint density at radius 2 is 1.03 bits per heavy atom. The summed E-state index contributed by atoms with van der Waals surface area (Å²) in [5.74, 6) is -1.20. The van der Waals surface area contributed by atoms with Crippen LogP contribution in [0.5, 0.6) is 0 Å². The van der Waals surface area contributed by atoms with Gasteiger partial charge in [-0.2, -0.15) is 0 Å². The van der Waals surface area contributed by atoms with Crippen molar-refractivity contribution in [1.82, 2.24) is 0 Å². The van der Waals surface area contributed by atoms with Gasteiger partial charge in [0.2, 0.25) is 0 Å². The third kappa shape index (κ3) is 28.2. The molecule has 0 saturated heterocycles. The number of hydrogen-bond acceptors (Lipinski definition) is 13. The van der Waals surface area contributed by atoms with Gasteiger partial charge in [0.1, 0.15) is 43.2 Å². The van der Waals surface area contributed by atoms with Crippen LogP contribution in [0, 0.1) is 0 Å². The van der Waals surface area contributed by atoms with Crippen LogP contribution in [0.15, 0.2) is 60.8 Å². The van der Waals surface area contributed by atoms with Crippen molar-refractivity contribution in [3.63, 3.8) is 0 Å². The summed E-state index contributed by atoms with van der Waals surface area (Å²) >= 11 is 0. The van der Waals surface area contributed by atoms with Crippen LogP contribution in [-0.2, 0) is 32.7 Å². The number of phosphoric acid groups is 1. The average Bonchev–Trinajstić information content (AvgIpc) is 3.21. The molecular formula is C45H77O14P. The molecule has 3 unspecified atom stereocenters. The number of esters is 2. The van der Waals surface area contributed by atoms with Crippen LogP contribution in [0.1, 0.15) is 149 Å². The van der Waals surface area contributed by atoms with Crippen molar-refractivity contribution in [2.24, 2.45) is 0 Å². The lowest BCUT2D eigenvalue weighted by Crippen LogP contribution is -2.64. The number of hydrogen-bond donors (Lipinski definition) is 7. The maximum absolute atomic E-state index is 12.8. The average molecular weight is 873 g/mol. The first-order valence-corrected chi connectivity index (χ1v) is 23.6. The van der Waals surface area contributed by atoms with Gasteiger partial charge in [-0.15, -0.1) is 0 Å². The van der Waals surface area contributed by atoms with Gasteiger partial charge < -0.3 is 45.0 Å². The normalized spacial score (nSPS) is 23.3. The molecule has 0 aromatic heterocycles. The van der Waals surface area contributed by atoms with Crippen LogP contribution in [-0.4, -0.2) is 110 Å². The Morgan fingerprint density at radius 1 is 0.583 bits per heavy atom. The fourth-order valence-corrected chi connectivity index (χ4v) is 7.21. The van der Waals surface area contributed by atoms with Crippen molar-refractivity contribution < 1.29 is 68.2 Å². The van der Waals surface area contributed by atoms with E-state index in [0.717, 1.165) is 77.0 Å². The zero-order valence-corrected chi connectivity index (χ0v) is 37.0. The molecule has 1 rings (SSSR count). The van der Waals surface area contributed by atoms with Gasteiger partial charge in [0.05, 0.1) is 12.7 Å². The van der Waals surface area contributed by atoms with E-state index >= 15 is 0 Å². The lowest BCUT2D eigenvalue weighted by molar-refractivity contribution is -0.220. The molecule has 0 aromatic carbocycles. The maximum Gasteiger partial charge on any atom is 0.472 e. The van der Waals surface area contributed by atoms with Gasteiger partial charge >= 0.3 is 19.8 Å². The van der Waals surface area contributed by atoms with Gasteiger partial charge in [-0.1, -0.05) is 106 Å². The second-order valence-corrected chi connectivity index (χ2v) is 16.9. The van der Waals surface area contributed by atoms with E-state index < -0.39 is 75.7 Å². The quantitative estimate of drug-likeness (QED) is 0.0145. The monoisotopic (exact) mass is 873 g/mol. The molecule has 15 heteroatoms. The summed E-state index contributed by atoms with van der Waals surface area (Å²) in [6, 6.07) is 0. The molecular weight excluding hydrogens is 795 g/mol. The number of carbonyl (C=O) groups is 2. The van der Waals surface area contributed by atoms with Crippen molar-refractivity contribution in [3.05, 3.63) is 60.8 Å². The fourth-order valence-electron chi connectivity index (χ4n) is 6.23. The smallest absolute Gasteiger partial charge is 0.462 e. The molecule has 1 fully saturated rings. The second-order valence-electron chi connectivity index (χ2n) is 15.5. The third-order valence-electron chi connectivity index (χ3n) is 9.85. The second kappa shape index (κ2) is 35.0. The molecule has 0 radical (unpaired) electrons. The van der Waals surface area contributed by atoms with E-state index in [-0.39, 0.29) is 18.9 Å². The number of aliphatic hydroxyl groups is 6. The highest BCUT2D eigenvalue weighted by atomic mass is 31.2. The van der Waals surface area contributed by atoms with Crippen LogP contribution in [0.25, 0.3) is 0 Å². The molecule has 14 nitrogen and oxygen atoms in total. The number of rotatable bonds is 35. The predicted molar refractivity (Wildman–Crippen MR) is 232 cm³/mol. The van der Waals surface area contributed by atoms with Gasteiger partial charge in [0.15, 0.2) is 6.10 Å². The van der Waals surface area contributed by atoms with E-state index in [1.807, 2.05) is 12.2 Å². The molecule has 60 heavy (non-hydrogen) atoms. The first-order valence-electron chi connectivity index (χ1n) is 22.1. The van der Waals surface area contributed by atoms with Crippen molar-refractivity contribution in [1.29, 1.82) is 0 Å². The molecule has 1 saturated carbocycles. The van der Waals surface area contributed by atoms with Crippen LogP contribution >= 0.6 is 7.82 Å². The van der Waals surface area contributed by atoms with Crippen molar-refractivity contribution in [2.45, 2.75) is 198 Å². The SMILES string of the molecule is CCCCCC/C=C\CCCCCCCC(=O)OC[C@H](COP(=O)(O)OC1[C@H](O)[C@H](O)C(O)[C@H](O)[C@H]1O)OC(=O)CCC/C=C\C/C=C\C/C=C\C/C=C\CCC[C@H](C)O. The number of carbonyl (C=O) groups excluding carboxylic acids is 2. The number of ether oxygens (including phenoxy) is 2. The molecule has 1 aliphatic rings. The standard InChI is InChI=1S/C45H77O14P/c1-3-4-5-6-7-8-9-13-17-20-23-26-29-32-38(47)56-34-37(35-57-60(54,55)59-45-43(52)41(50)40(49)42(51)44(45)53)58-39(48)33-30-27-24-21-18-15-12-10-11-14-16-19-22-25-28-31-36(2)46/h8-9,11-12,14-15,19,21-22,24,36-37,40-46,49-53H,3-7,10,13,16-18,20,23,25-35H2,1-2H3,(H,54,55)/b9-8-,14-11-,15-12-,22-19-,24-21-/t36-,37+,40?,41-,42+,43+,44+,45?/m0/s1. The van der Waals surface area contributed by atoms with Gasteiger partial charge in [0.25, 0.3) is 0 Å². The van der Waals surface area contributed by atoms with Crippen molar-refractivity contribution >= 4 is 19.8 Å². The van der Waals surface area contributed by atoms with Crippen LogP contribution in [0.4, 0.5) is 0 Å². The summed E-state index contributed by atoms with van der Waals surface area (Å²) in [4.78, 5) is 35.6. The number of phosphoric ester groups is 1. The van der Waals surface area contributed by atoms with Crippen molar-refractivity contribution in [2.75, 3.05) is 13.2 Å². The van der Waals surface area contributed by atoms with E-state index in [4.69, 9.17) is 18.5 Å². The number of unbranched alkanes of at least 4 members (excludes halogenated alkanes) is 11. The zero-order valence-electron chi connectivity index (χ0n) is 36.1. The van der Waals surface area contributed by atoms with E-state index in [0.29, 0.717) is 19.3 Å². The Labute approximate surface area is 358 Å². The molecule has 9 atom stereocenters. The Balaban J connectivity index is 2.54. The van der Waals surface area contributed by atoms with E-state index in [1.54, 1.807) is 6.92 Å². The van der Waals surface area contributed by atoms with E-state index in [1.165, 1.54) is 25.7 Å². The Kier molecular flexibility index (Phi) is 32.4. The third-order valence-corrected chi connectivity index (χ3v) is 10.8. The maximum atomic E-state index is 12.8. The zero-order chi connectivity index (χ0) is 44.4. The Hall–Kier alpha value is -2.49. The minimum atomic E-state index is -5.14. The topological polar surface area (TPSA) is 230 Å². The van der Waals surface area contributed by atoms with Crippen LogP contribution < -0.4 is 0 Å². The first kappa shape index (κ1) is 55.5. The first-order chi connectivity index (χ1) is 28.8. The summed E-state index contributed by atoms with van der Waals surface area (Å²) in [5.41, 5.74) is 0. The summed E-state index contributed by atoms with van der Waals surface area (Å²) in [5, 5.41) is 59.3. The summed E-state index contributed by atoms with van der Waals surface area (Å²) in [6.07, 6.45) is 25.6. The minimum absolute atomic E-state index is 0.00498. The molecule has 346 valence electrons. The fraction of sp³-hybridized carbons (Fsp3) is 0.733. The molecule has 0 aromatic rings. The van der Waals surface area contributed by atoms with E-state index in [2.05, 4.69) is 55.5 Å². The Bertz CT molecular complexity index is 1300. The molecule has 0 aliphatic heterocycles. The predicted octanol–water partition coefficient (Wildman–Crippen LogP) is 7.14. The van der Waals surface area contributed by atoms with Gasteiger partial charge in [-0.25, -0.2) is 4.57 Å². The summed E-state index contributed by atoms with van der Waals surface area (Å²) in [7, 11) is -5.14. The molecule has 0 amide bonds. The molecule has 1 aliphatic carbocycles. The van der Waals surface area contributed by atoms with Gasteiger partial charge in [-0.05, 0) is 90.4 Å². The van der Waals surface area contributed by atoms with E-state index in [9.17, 15) is 49.7 Å². The highest BCUT2D eigenvalue weighted by Gasteiger charge is 2.51. The highest BCUT2D eigenvalue weighted by molar-refractivity contribution is 7.47. The van der Waals surface area contributed by atoms with Crippen LogP contribution in [0.3, 0.4) is 0 Å². The van der Waals surface area contributed by atoms with Crippen LogP contribution in [0.2, 0.25) is 0 Å².